The van der Waals surface area contributed by atoms with Crippen molar-refractivity contribution in [3.05, 3.63) is 30.6 Å². The molecule has 22 heavy (non-hydrogen) atoms. The molecule has 1 aliphatic heterocycles. The zero-order valence-electron chi connectivity index (χ0n) is 12.8. The van der Waals surface area contributed by atoms with E-state index in [1.807, 2.05) is 0 Å². The van der Waals surface area contributed by atoms with Crippen molar-refractivity contribution in [2.24, 2.45) is 0 Å². The Labute approximate surface area is 128 Å². The second-order valence-corrected chi connectivity index (χ2v) is 6.30. The fourth-order valence-electron chi connectivity index (χ4n) is 2.36. The number of aromatic nitrogens is 1. The van der Waals surface area contributed by atoms with Crippen molar-refractivity contribution < 1.29 is 34.2 Å². The van der Waals surface area contributed by atoms with E-state index in [1.54, 1.807) is 51.4 Å². The topological polar surface area (TPSA) is 100 Å². The molecule has 0 amide bonds. The van der Waals surface area contributed by atoms with E-state index >= 15 is 0 Å². The molecule has 2 rings (SSSR count). The first-order chi connectivity index (χ1) is 10.2. The number of ether oxygens (including phenoxy) is 2. The number of hydrogen-bond acceptors (Lipinski definition) is 6. The molecule has 4 atom stereocenters. The minimum Gasteiger partial charge on any atom is -0.457 e. The Morgan fingerprint density at radius 1 is 1.32 bits per heavy atom. The van der Waals surface area contributed by atoms with E-state index < -0.39 is 42.2 Å². The highest BCUT2D eigenvalue weighted by molar-refractivity contribution is 5.81. The Morgan fingerprint density at radius 2 is 1.91 bits per heavy atom. The summed E-state index contributed by atoms with van der Waals surface area (Å²) in [5.41, 5.74) is -3.15. The molecule has 0 bridgehead atoms. The highest BCUT2D eigenvalue weighted by Gasteiger charge is 2.66. The molecular weight excluding hydrogens is 290 g/mol. The van der Waals surface area contributed by atoms with Crippen molar-refractivity contribution in [1.29, 1.82) is 0 Å². The van der Waals surface area contributed by atoms with E-state index in [0.717, 1.165) is 0 Å². The summed E-state index contributed by atoms with van der Waals surface area (Å²) in [6, 6.07) is 5.15. The summed E-state index contributed by atoms with van der Waals surface area (Å²) in [5, 5.41) is 30.4. The average molecular weight is 312 g/mol. The smallest absolute Gasteiger partial charge is 0.351 e. The van der Waals surface area contributed by atoms with Crippen molar-refractivity contribution >= 4 is 5.97 Å². The lowest BCUT2D eigenvalue weighted by atomic mass is 9.93. The summed E-state index contributed by atoms with van der Waals surface area (Å²) < 4.78 is 12.1. The lowest BCUT2D eigenvalue weighted by Gasteiger charge is -2.29. The van der Waals surface area contributed by atoms with Gasteiger partial charge in [0.05, 0.1) is 6.61 Å². The van der Waals surface area contributed by atoms with Gasteiger partial charge in [0, 0.05) is 12.1 Å². The zero-order valence-corrected chi connectivity index (χ0v) is 12.8. The largest absolute Gasteiger partial charge is 0.457 e. The predicted octanol–water partition coefficient (Wildman–Crippen LogP) is -0.702. The van der Waals surface area contributed by atoms with Gasteiger partial charge in [-0.3, -0.25) is 0 Å². The van der Waals surface area contributed by atoms with Gasteiger partial charge in [-0.2, -0.15) is 4.57 Å². The van der Waals surface area contributed by atoms with Crippen molar-refractivity contribution in [1.82, 2.24) is 0 Å². The average Bonchev–Trinajstić information content (AvgIpc) is 2.71. The molecule has 0 aliphatic carbocycles. The second kappa shape index (κ2) is 5.92. The quantitative estimate of drug-likeness (QED) is 0.504. The number of rotatable bonds is 3. The van der Waals surface area contributed by atoms with E-state index in [4.69, 9.17) is 9.47 Å². The van der Waals surface area contributed by atoms with Gasteiger partial charge in [-0.05, 0) is 20.8 Å². The van der Waals surface area contributed by atoms with Crippen molar-refractivity contribution in [3.8, 4) is 0 Å². The third-order valence-electron chi connectivity index (χ3n) is 3.40. The van der Waals surface area contributed by atoms with Crippen LogP contribution >= 0.6 is 0 Å². The van der Waals surface area contributed by atoms with Gasteiger partial charge in [-0.15, -0.1) is 0 Å². The van der Waals surface area contributed by atoms with Crippen LogP contribution in [0, 0.1) is 0 Å². The molecule has 1 aromatic rings. The van der Waals surface area contributed by atoms with Crippen LogP contribution in [0.25, 0.3) is 0 Å². The van der Waals surface area contributed by atoms with Crippen LogP contribution in [0.2, 0.25) is 0 Å². The first kappa shape index (κ1) is 16.8. The second-order valence-electron chi connectivity index (χ2n) is 6.30. The maximum atomic E-state index is 12.4. The summed E-state index contributed by atoms with van der Waals surface area (Å²) >= 11 is 0. The third-order valence-corrected chi connectivity index (χ3v) is 3.40. The standard InChI is InChI=1S/C15H22NO6/c1-14(2,3)22-13(19)15(20)11(18)10(9-17)21-12(15)16-7-5-4-6-8-16/h4-8,10-12,17-18,20H,9H2,1-3H3/q+1/t10-,11+,12-,15-/m1/s1. The number of aliphatic hydroxyl groups excluding tert-OH is 2. The SMILES string of the molecule is CC(C)(C)OC(=O)[C@@]1(O)[C@@H](O)[C@@H](CO)O[C@H]1[n+]1ccccc1. The Bertz CT molecular complexity index is 529. The van der Waals surface area contributed by atoms with Gasteiger partial charge in [0.25, 0.3) is 5.60 Å². The summed E-state index contributed by atoms with van der Waals surface area (Å²) in [4.78, 5) is 12.4. The number of pyridine rings is 1. The van der Waals surface area contributed by atoms with Gasteiger partial charge in [0.2, 0.25) is 0 Å². The van der Waals surface area contributed by atoms with Crippen molar-refractivity contribution in [2.45, 2.75) is 50.4 Å². The van der Waals surface area contributed by atoms with E-state index in [1.165, 1.54) is 4.57 Å². The lowest BCUT2D eigenvalue weighted by molar-refractivity contribution is -0.770. The molecule has 1 aliphatic rings. The molecular formula is C15H22NO6+. The normalized spacial score (nSPS) is 32.0. The van der Waals surface area contributed by atoms with Gasteiger partial charge < -0.3 is 24.8 Å². The lowest BCUT2D eigenvalue weighted by Crippen LogP contribution is -2.61. The molecule has 0 spiro atoms. The molecule has 2 heterocycles. The number of carbonyl (C=O) groups is 1. The molecule has 0 aromatic carbocycles. The number of nitrogens with zero attached hydrogens (tertiary/aromatic N) is 1. The van der Waals surface area contributed by atoms with E-state index in [-0.39, 0.29) is 0 Å². The van der Waals surface area contributed by atoms with E-state index in [2.05, 4.69) is 0 Å². The number of carbonyl (C=O) groups excluding carboxylic acids is 1. The molecule has 1 aromatic heterocycles. The first-order valence-electron chi connectivity index (χ1n) is 7.06. The summed E-state index contributed by atoms with van der Waals surface area (Å²) in [5.74, 6) is -0.996. The van der Waals surface area contributed by atoms with Crippen LogP contribution in [-0.4, -0.2) is 51.3 Å². The fraction of sp³-hybridized carbons (Fsp3) is 0.600. The van der Waals surface area contributed by atoms with Crippen LogP contribution in [-0.2, 0) is 14.3 Å². The van der Waals surface area contributed by atoms with Gasteiger partial charge in [-0.25, -0.2) is 4.79 Å². The zero-order chi connectivity index (χ0) is 16.5. The van der Waals surface area contributed by atoms with Gasteiger partial charge in [-0.1, -0.05) is 6.07 Å². The minimum absolute atomic E-state index is 0.532. The van der Waals surface area contributed by atoms with Gasteiger partial charge in [0.15, 0.2) is 12.4 Å². The van der Waals surface area contributed by atoms with Gasteiger partial charge in [0.1, 0.15) is 17.8 Å². The van der Waals surface area contributed by atoms with Crippen molar-refractivity contribution in [3.63, 3.8) is 0 Å². The Balaban J connectivity index is 2.40. The van der Waals surface area contributed by atoms with Crippen LogP contribution in [0.1, 0.15) is 27.0 Å². The molecule has 0 unspecified atom stereocenters. The number of esters is 1. The van der Waals surface area contributed by atoms with Crippen LogP contribution in [0.5, 0.6) is 0 Å². The van der Waals surface area contributed by atoms with E-state index in [0.29, 0.717) is 0 Å². The first-order valence-corrected chi connectivity index (χ1v) is 7.06. The van der Waals surface area contributed by atoms with Crippen LogP contribution in [0.3, 0.4) is 0 Å². The van der Waals surface area contributed by atoms with Gasteiger partial charge >= 0.3 is 12.2 Å². The Kier molecular flexibility index (Phi) is 4.53. The Morgan fingerprint density at radius 3 is 2.41 bits per heavy atom. The highest BCUT2D eigenvalue weighted by Crippen LogP contribution is 2.37. The molecule has 7 heteroatoms. The molecule has 1 saturated heterocycles. The summed E-state index contributed by atoms with van der Waals surface area (Å²) in [6.07, 6.45) is -0.713. The third kappa shape index (κ3) is 2.98. The molecule has 122 valence electrons. The number of aliphatic hydroxyl groups is 3. The van der Waals surface area contributed by atoms with Crippen LogP contribution in [0.4, 0.5) is 0 Å². The molecule has 7 nitrogen and oxygen atoms in total. The summed E-state index contributed by atoms with van der Waals surface area (Å²) in [6.45, 7) is 4.44. The van der Waals surface area contributed by atoms with Crippen LogP contribution < -0.4 is 4.57 Å². The van der Waals surface area contributed by atoms with E-state index in [9.17, 15) is 20.1 Å². The minimum atomic E-state index is -2.31. The highest BCUT2D eigenvalue weighted by atomic mass is 16.6. The summed E-state index contributed by atoms with van der Waals surface area (Å²) in [7, 11) is 0. The molecule has 0 radical (unpaired) electrons. The monoisotopic (exact) mass is 312 g/mol. The van der Waals surface area contributed by atoms with Crippen LogP contribution in [0.15, 0.2) is 30.6 Å². The predicted molar refractivity (Wildman–Crippen MR) is 74.4 cm³/mol. The Hall–Kier alpha value is -1.54. The molecule has 3 N–H and O–H groups in total. The number of hydrogen-bond donors (Lipinski definition) is 3. The fourth-order valence-corrected chi connectivity index (χ4v) is 2.36. The maximum Gasteiger partial charge on any atom is 0.351 e. The molecule has 0 saturated carbocycles. The van der Waals surface area contributed by atoms with Crippen molar-refractivity contribution in [2.75, 3.05) is 6.61 Å². The maximum absolute atomic E-state index is 12.4. The molecule has 1 fully saturated rings.